The van der Waals surface area contributed by atoms with Crippen LogP contribution in [0.4, 0.5) is 0 Å². The van der Waals surface area contributed by atoms with E-state index in [1.807, 2.05) is 0 Å². The van der Waals surface area contributed by atoms with Gasteiger partial charge < -0.3 is 9.64 Å². The number of rotatable bonds is 5. The normalized spacial score (nSPS) is 9.94. The van der Waals surface area contributed by atoms with E-state index in [9.17, 15) is 9.59 Å². The maximum atomic E-state index is 12.1. The summed E-state index contributed by atoms with van der Waals surface area (Å²) in [6.45, 7) is 4.11. The van der Waals surface area contributed by atoms with Crippen molar-refractivity contribution in [3.05, 3.63) is 29.0 Å². The van der Waals surface area contributed by atoms with Crippen molar-refractivity contribution in [3.8, 4) is 0 Å². The molecule has 1 aromatic rings. The molecule has 1 amide bonds. The van der Waals surface area contributed by atoms with Crippen molar-refractivity contribution in [2.24, 2.45) is 0 Å². The second kappa shape index (κ2) is 6.96. The van der Waals surface area contributed by atoms with Crippen LogP contribution in [0.5, 0.6) is 0 Å². The summed E-state index contributed by atoms with van der Waals surface area (Å²) >= 11 is 5.89. The molecule has 0 aliphatic rings. The van der Waals surface area contributed by atoms with Gasteiger partial charge in [0.05, 0.1) is 17.2 Å². The lowest BCUT2D eigenvalue weighted by atomic mass is 10.2. The summed E-state index contributed by atoms with van der Waals surface area (Å²) in [5, 5.41) is 0.268. The second-order valence-corrected chi connectivity index (χ2v) is 3.89. The zero-order valence-electron chi connectivity index (χ0n) is 10.4. The lowest BCUT2D eigenvalue weighted by Crippen LogP contribution is -2.36. The number of ether oxygens (including phenoxy) is 1. The van der Waals surface area contributed by atoms with Gasteiger partial charge in [0.1, 0.15) is 6.54 Å². The first-order valence-electron chi connectivity index (χ1n) is 5.64. The number of nitrogens with zero attached hydrogens (tertiary/aromatic N) is 2. The number of halogens is 1. The van der Waals surface area contributed by atoms with E-state index in [4.69, 9.17) is 16.3 Å². The predicted molar refractivity (Wildman–Crippen MR) is 67.5 cm³/mol. The molecule has 0 atom stereocenters. The van der Waals surface area contributed by atoms with E-state index >= 15 is 0 Å². The first kappa shape index (κ1) is 14.4. The molecular formula is C12H15ClN2O3. The van der Waals surface area contributed by atoms with Crippen LogP contribution < -0.4 is 0 Å². The fourth-order valence-electron chi connectivity index (χ4n) is 1.41. The van der Waals surface area contributed by atoms with Crippen LogP contribution in [0.15, 0.2) is 18.5 Å². The Morgan fingerprint density at radius 3 is 2.72 bits per heavy atom. The van der Waals surface area contributed by atoms with Crippen LogP contribution in [0, 0.1) is 0 Å². The number of carbonyl (C=O) groups excluding carboxylic acids is 2. The van der Waals surface area contributed by atoms with Crippen molar-refractivity contribution >= 4 is 23.5 Å². The van der Waals surface area contributed by atoms with E-state index in [1.54, 1.807) is 13.8 Å². The third-order valence-corrected chi connectivity index (χ3v) is 2.60. The first-order chi connectivity index (χ1) is 8.60. The third-order valence-electron chi connectivity index (χ3n) is 2.30. The standard InChI is InChI=1S/C12H15ClN2O3/c1-3-15(8-11(16)18-4-2)12(17)9-5-6-14-7-10(9)13/h5-7H,3-4,8H2,1-2H3. The Morgan fingerprint density at radius 1 is 1.44 bits per heavy atom. The molecule has 0 aromatic carbocycles. The molecule has 0 fully saturated rings. The van der Waals surface area contributed by atoms with Gasteiger partial charge in [0.15, 0.2) is 0 Å². The molecule has 1 aromatic heterocycles. The highest BCUT2D eigenvalue weighted by atomic mass is 35.5. The molecule has 0 aliphatic heterocycles. The van der Waals surface area contributed by atoms with Gasteiger partial charge in [0.25, 0.3) is 5.91 Å². The van der Waals surface area contributed by atoms with Crippen LogP contribution in [-0.2, 0) is 9.53 Å². The van der Waals surface area contributed by atoms with Crippen molar-refractivity contribution in [1.82, 2.24) is 9.88 Å². The van der Waals surface area contributed by atoms with Gasteiger partial charge in [-0.25, -0.2) is 0 Å². The van der Waals surface area contributed by atoms with Crippen LogP contribution in [0.1, 0.15) is 24.2 Å². The second-order valence-electron chi connectivity index (χ2n) is 3.48. The van der Waals surface area contributed by atoms with Crippen molar-refractivity contribution in [3.63, 3.8) is 0 Å². The lowest BCUT2D eigenvalue weighted by Gasteiger charge is -2.20. The fourth-order valence-corrected chi connectivity index (χ4v) is 1.61. The Labute approximate surface area is 111 Å². The smallest absolute Gasteiger partial charge is 0.325 e. The molecule has 6 heteroatoms. The van der Waals surface area contributed by atoms with E-state index in [-0.39, 0.29) is 17.5 Å². The van der Waals surface area contributed by atoms with Crippen LogP contribution in [0.2, 0.25) is 5.02 Å². The molecule has 0 N–H and O–H groups in total. The maximum Gasteiger partial charge on any atom is 0.325 e. The zero-order chi connectivity index (χ0) is 13.5. The quantitative estimate of drug-likeness (QED) is 0.765. The average molecular weight is 271 g/mol. The van der Waals surface area contributed by atoms with Gasteiger partial charge in [-0.3, -0.25) is 14.6 Å². The highest BCUT2D eigenvalue weighted by Gasteiger charge is 2.19. The molecule has 0 bridgehead atoms. The number of carbonyl (C=O) groups is 2. The SMILES string of the molecule is CCOC(=O)CN(CC)C(=O)c1ccncc1Cl. The third kappa shape index (κ3) is 3.70. The van der Waals surface area contributed by atoms with E-state index in [0.29, 0.717) is 18.7 Å². The number of esters is 1. The number of amides is 1. The number of likely N-dealkylation sites (N-methyl/N-ethyl adjacent to an activating group) is 1. The number of hydrogen-bond donors (Lipinski definition) is 0. The van der Waals surface area contributed by atoms with E-state index < -0.39 is 5.97 Å². The molecular weight excluding hydrogens is 256 g/mol. The van der Waals surface area contributed by atoms with Crippen LogP contribution in [0.25, 0.3) is 0 Å². The van der Waals surface area contributed by atoms with Gasteiger partial charge in [-0.2, -0.15) is 0 Å². The molecule has 0 aliphatic carbocycles. The molecule has 0 unspecified atom stereocenters. The minimum Gasteiger partial charge on any atom is -0.465 e. The van der Waals surface area contributed by atoms with Crippen LogP contribution >= 0.6 is 11.6 Å². The van der Waals surface area contributed by atoms with Gasteiger partial charge in [0, 0.05) is 18.9 Å². The molecule has 98 valence electrons. The van der Waals surface area contributed by atoms with Gasteiger partial charge in [-0.1, -0.05) is 11.6 Å². The average Bonchev–Trinajstić information content (AvgIpc) is 2.36. The Kier molecular flexibility index (Phi) is 5.58. The van der Waals surface area contributed by atoms with E-state index in [2.05, 4.69) is 4.98 Å². The molecule has 0 saturated carbocycles. The highest BCUT2D eigenvalue weighted by molar-refractivity contribution is 6.33. The van der Waals surface area contributed by atoms with Crippen LogP contribution in [-0.4, -0.2) is 41.5 Å². The maximum absolute atomic E-state index is 12.1. The van der Waals surface area contributed by atoms with E-state index in [1.165, 1.54) is 23.4 Å². The topological polar surface area (TPSA) is 59.5 Å². The molecule has 5 nitrogen and oxygen atoms in total. The Bertz CT molecular complexity index is 437. The van der Waals surface area contributed by atoms with Gasteiger partial charge >= 0.3 is 5.97 Å². The Hall–Kier alpha value is -1.62. The summed E-state index contributed by atoms with van der Waals surface area (Å²) < 4.78 is 4.81. The fraction of sp³-hybridized carbons (Fsp3) is 0.417. The highest BCUT2D eigenvalue weighted by Crippen LogP contribution is 2.15. The van der Waals surface area contributed by atoms with Crippen molar-refractivity contribution in [2.75, 3.05) is 19.7 Å². The summed E-state index contributed by atoms with van der Waals surface area (Å²) in [6, 6.07) is 1.53. The molecule has 0 radical (unpaired) electrons. The number of pyridine rings is 1. The van der Waals surface area contributed by atoms with Gasteiger partial charge in [-0.15, -0.1) is 0 Å². The molecule has 1 heterocycles. The number of aromatic nitrogens is 1. The summed E-state index contributed by atoms with van der Waals surface area (Å²) in [6.07, 6.45) is 2.88. The molecule has 18 heavy (non-hydrogen) atoms. The van der Waals surface area contributed by atoms with E-state index in [0.717, 1.165) is 0 Å². The minimum absolute atomic E-state index is 0.0815. The summed E-state index contributed by atoms with van der Waals surface area (Å²) in [5.74, 6) is -0.740. The number of hydrogen-bond acceptors (Lipinski definition) is 4. The first-order valence-corrected chi connectivity index (χ1v) is 6.02. The Balaban J connectivity index is 2.80. The predicted octanol–water partition coefficient (Wildman–Crippen LogP) is 1.76. The molecule has 1 rings (SSSR count). The summed E-state index contributed by atoms with van der Waals surface area (Å²) in [5.41, 5.74) is 0.331. The van der Waals surface area contributed by atoms with Crippen molar-refractivity contribution < 1.29 is 14.3 Å². The Morgan fingerprint density at radius 2 is 2.17 bits per heavy atom. The zero-order valence-corrected chi connectivity index (χ0v) is 11.1. The lowest BCUT2D eigenvalue weighted by molar-refractivity contribution is -0.143. The monoisotopic (exact) mass is 270 g/mol. The van der Waals surface area contributed by atoms with Crippen molar-refractivity contribution in [1.29, 1.82) is 0 Å². The summed E-state index contributed by atoms with van der Waals surface area (Å²) in [4.78, 5) is 28.7. The molecule has 0 saturated heterocycles. The van der Waals surface area contributed by atoms with Crippen LogP contribution in [0.3, 0.4) is 0 Å². The largest absolute Gasteiger partial charge is 0.465 e. The summed E-state index contributed by atoms with van der Waals surface area (Å²) in [7, 11) is 0. The minimum atomic E-state index is -0.433. The van der Waals surface area contributed by atoms with Gasteiger partial charge in [-0.05, 0) is 19.9 Å². The molecule has 0 spiro atoms. The van der Waals surface area contributed by atoms with Crippen molar-refractivity contribution in [2.45, 2.75) is 13.8 Å². The van der Waals surface area contributed by atoms with Gasteiger partial charge in [0.2, 0.25) is 0 Å².